The summed E-state index contributed by atoms with van der Waals surface area (Å²) in [6.07, 6.45) is 1.77. The van der Waals surface area contributed by atoms with Crippen LogP contribution >= 0.6 is 43.2 Å². The molecule has 1 atom stereocenters. The number of benzene rings is 3. The zero-order chi connectivity index (χ0) is 34.4. The lowest BCUT2D eigenvalue weighted by atomic mass is 9.95. The smallest absolute Gasteiger partial charge is 0.343 e. The molecular formula is C35H32Br2N2O8S. The summed E-state index contributed by atoms with van der Waals surface area (Å²) in [5.41, 5.74) is 2.55. The molecule has 5 rings (SSSR count). The number of allylic oxidation sites excluding steroid dienone is 1. The Labute approximate surface area is 297 Å². The third-order valence-corrected chi connectivity index (χ3v) is 9.24. The number of fused-ring (bicyclic) bond motifs is 1. The molecule has 0 saturated carbocycles. The van der Waals surface area contributed by atoms with Gasteiger partial charge in [-0.3, -0.25) is 9.36 Å². The first-order chi connectivity index (χ1) is 23.1. The number of halogens is 2. The van der Waals surface area contributed by atoms with E-state index in [1.165, 1.54) is 23.0 Å². The minimum atomic E-state index is -0.882. The van der Waals surface area contributed by atoms with Crippen molar-refractivity contribution in [2.24, 2.45) is 4.99 Å². The molecule has 0 N–H and O–H groups in total. The van der Waals surface area contributed by atoms with Gasteiger partial charge in [0.15, 0.2) is 22.9 Å². The molecule has 10 nitrogen and oxygen atoms in total. The molecule has 0 spiro atoms. The van der Waals surface area contributed by atoms with Crippen LogP contribution in [0.15, 0.2) is 90.7 Å². The van der Waals surface area contributed by atoms with Crippen LogP contribution in [-0.2, 0) is 25.7 Å². The third-order valence-electron chi connectivity index (χ3n) is 7.24. The number of rotatable bonds is 12. The highest BCUT2D eigenvalue weighted by Crippen LogP contribution is 2.36. The van der Waals surface area contributed by atoms with Crippen molar-refractivity contribution in [3.63, 3.8) is 0 Å². The van der Waals surface area contributed by atoms with Gasteiger partial charge < -0.3 is 23.7 Å². The summed E-state index contributed by atoms with van der Waals surface area (Å²) < 4.78 is 31.5. The van der Waals surface area contributed by atoms with Crippen LogP contribution in [-0.4, -0.2) is 43.4 Å². The predicted molar refractivity (Wildman–Crippen MR) is 188 cm³/mol. The Kier molecular flexibility index (Phi) is 11.6. The highest BCUT2D eigenvalue weighted by Gasteiger charge is 2.34. The standard InChI is InChI=1S/C35H32Br2N2O8S/c1-5-44-28-16-22(9-13-27(28)47-19-30(40)43-4)32-31(34(42)45-6-2)20(3)38-35-39(32)33(41)29(48-35)17-23-15-25(37)12-14-26(23)46-18-21-7-10-24(36)11-8-21/h7-17,32H,5-6,18-19H2,1-4H3/b29-17-/t32-/m1/s1. The first kappa shape index (κ1) is 35.1. The molecule has 2 heterocycles. The summed E-state index contributed by atoms with van der Waals surface area (Å²) in [6, 6.07) is 17.6. The molecule has 3 aromatic carbocycles. The van der Waals surface area contributed by atoms with E-state index >= 15 is 0 Å². The average Bonchev–Trinajstić information content (AvgIpc) is 3.37. The van der Waals surface area contributed by atoms with E-state index in [-0.39, 0.29) is 24.3 Å². The van der Waals surface area contributed by atoms with Crippen LogP contribution in [0.3, 0.4) is 0 Å². The minimum Gasteiger partial charge on any atom is -0.490 e. The van der Waals surface area contributed by atoms with Gasteiger partial charge in [-0.2, -0.15) is 0 Å². The molecule has 1 aliphatic rings. The summed E-state index contributed by atoms with van der Waals surface area (Å²) in [5, 5.41) is 0. The number of hydrogen-bond acceptors (Lipinski definition) is 10. The first-order valence-electron chi connectivity index (χ1n) is 15.0. The van der Waals surface area contributed by atoms with Gasteiger partial charge in [-0.25, -0.2) is 14.6 Å². The highest BCUT2D eigenvalue weighted by molar-refractivity contribution is 9.10. The zero-order valence-corrected chi connectivity index (χ0v) is 30.6. The molecule has 0 aliphatic carbocycles. The van der Waals surface area contributed by atoms with Crippen molar-refractivity contribution in [3.8, 4) is 17.2 Å². The summed E-state index contributed by atoms with van der Waals surface area (Å²) >= 11 is 8.20. The predicted octanol–water partition coefficient (Wildman–Crippen LogP) is 5.85. The molecule has 48 heavy (non-hydrogen) atoms. The number of esters is 2. The van der Waals surface area contributed by atoms with E-state index in [4.69, 9.17) is 18.9 Å². The molecular weight excluding hydrogens is 768 g/mol. The Bertz CT molecular complexity index is 2050. The molecule has 1 aromatic heterocycles. The Morgan fingerprint density at radius 3 is 2.35 bits per heavy atom. The van der Waals surface area contributed by atoms with Gasteiger partial charge in [0.1, 0.15) is 12.4 Å². The number of carbonyl (C=O) groups excluding carboxylic acids is 2. The Balaban J connectivity index is 1.61. The SMILES string of the molecule is CCOC(=O)C1=C(C)N=c2s/c(=C\c3cc(Br)ccc3OCc3ccc(Br)cc3)c(=O)n2[C@@H]1c1ccc(OCC(=O)OC)c(OCC)c1. The van der Waals surface area contributed by atoms with Crippen molar-refractivity contribution < 1.29 is 33.3 Å². The van der Waals surface area contributed by atoms with E-state index < -0.39 is 18.0 Å². The summed E-state index contributed by atoms with van der Waals surface area (Å²) in [5.74, 6) is 0.0975. The van der Waals surface area contributed by atoms with Crippen molar-refractivity contribution in [2.45, 2.75) is 33.4 Å². The number of aromatic nitrogens is 1. The minimum absolute atomic E-state index is 0.142. The second-order valence-electron chi connectivity index (χ2n) is 10.4. The fourth-order valence-corrected chi connectivity index (χ4v) is 6.71. The van der Waals surface area contributed by atoms with E-state index in [0.717, 1.165) is 14.5 Å². The van der Waals surface area contributed by atoms with Crippen LogP contribution in [0.25, 0.3) is 6.08 Å². The van der Waals surface area contributed by atoms with E-state index in [1.54, 1.807) is 38.1 Å². The number of ether oxygens (including phenoxy) is 5. The lowest BCUT2D eigenvalue weighted by molar-refractivity contribution is -0.143. The maximum atomic E-state index is 14.3. The quantitative estimate of drug-likeness (QED) is 0.164. The number of carbonyl (C=O) groups is 2. The first-order valence-corrected chi connectivity index (χ1v) is 17.4. The van der Waals surface area contributed by atoms with Crippen LogP contribution in [0.2, 0.25) is 0 Å². The van der Waals surface area contributed by atoms with Crippen molar-refractivity contribution >= 4 is 61.2 Å². The van der Waals surface area contributed by atoms with Gasteiger partial charge >= 0.3 is 11.9 Å². The number of nitrogens with zero attached hydrogens (tertiary/aromatic N) is 2. The molecule has 0 fully saturated rings. The summed E-state index contributed by atoms with van der Waals surface area (Å²) in [4.78, 5) is 44.5. The average molecular weight is 801 g/mol. The van der Waals surface area contributed by atoms with Crippen molar-refractivity contribution in [3.05, 3.63) is 117 Å². The molecule has 0 amide bonds. The summed E-state index contributed by atoms with van der Waals surface area (Å²) in [7, 11) is 1.27. The van der Waals surface area contributed by atoms with Crippen LogP contribution in [0.4, 0.5) is 0 Å². The van der Waals surface area contributed by atoms with E-state index in [2.05, 4.69) is 41.6 Å². The van der Waals surface area contributed by atoms with Crippen molar-refractivity contribution in [2.75, 3.05) is 26.9 Å². The van der Waals surface area contributed by atoms with Gasteiger partial charge in [0.25, 0.3) is 5.56 Å². The second-order valence-corrected chi connectivity index (χ2v) is 13.2. The lowest BCUT2D eigenvalue weighted by Crippen LogP contribution is -2.40. The lowest BCUT2D eigenvalue weighted by Gasteiger charge is -2.25. The maximum Gasteiger partial charge on any atom is 0.343 e. The van der Waals surface area contributed by atoms with Crippen molar-refractivity contribution in [1.29, 1.82) is 0 Å². The molecule has 0 bridgehead atoms. The van der Waals surface area contributed by atoms with Gasteiger partial charge in [-0.15, -0.1) is 0 Å². The Hall–Kier alpha value is -4.20. The monoisotopic (exact) mass is 798 g/mol. The van der Waals surface area contributed by atoms with E-state index in [0.29, 0.717) is 56.6 Å². The zero-order valence-electron chi connectivity index (χ0n) is 26.6. The van der Waals surface area contributed by atoms with Crippen LogP contribution in [0.1, 0.15) is 43.5 Å². The topological polar surface area (TPSA) is 115 Å². The molecule has 250 valence electrons. The van der Waals surface area contributed by atoms with Gasteiger partial charge in [-0.05, 0) is 80.4 Å². The molecule has 0 saturated heterocycles. The van der Waals surface area contributed by atoms with Gasteiger partial charge in [0.2, 0.25) is 0 Å². The number of methoxy groups -OCH3 is 1. The van der Waals surface area contributed by atoms with Crippen LogP contribution in [0.5, 0.6) is 17.2 Å². The molecule has 13 heteroatoms. The molecule has 0 unspecified atom stereocenters. The Morgan fingerprint density at radius 2 is 1.65 bits per heavy atom. The third kappa shape index (κ3) is 7.91. The van der Waals surface area contributed by atoms with E-state index in [9.17, 15) is 14.4 Å². The second kappa shape index (κ2) is 15.8. The fraction of sp³-hybridized carbons (Fsp3) is 0.257. The van der Waals surface area contributed by atoms with Crippen LogP contribution < -0.4 is 29.1 Å². The van der Waals surface area contributed by atoms with Crippen molar-refractivity contribution in [1.82, 2.24) is 4.57 Å². The largest absolute Gasteiger partial charge is 0.490 e. The molecule has 4 aromatic rings. The molecule has 1 aliphatic heterocycles. The maximum absolute atomic E-state index is 14.3. The van der Waals surface area contributed by atoms with Gasteiger partial charge in [-0.1, -0.05) is 61.4 Å². The number of hydrogen-bond donors (Lipinski definition) is 0. The Morgan fingerprint density at radius 1 is 0.917 bits per heavy atom. The molecule has 0 radical (unpaired) electrons. The van der Waals surface area contributed by atoms with E-state index in [1.807, 2.05) is 49.4 Å². The fourth-order valence-electron chi connectivity index (χ4n) is 5.03. The van der Waals surface area contributed by atoms with Gasteiger partial charge in [0, 0.05) is 14.5 Å². The van der Waals surface area contributed by atoms with Gasteiger partial charge in [0.05, 0.1) is 42.2 Å². The van der Waals surface area contributed by atoms with Crippen LogP contribution in [0, 0.1) is 0 Å². The highest BCUT2D eigenvalue weighted by atomic mass is 79.9. The number of thiazole rings is 1. The summed E-state index contributed by atoms with van der Waals surface area (Å²) in [6.45, 7) is 5.71. The normalized spacial score (nSPS) is 14.2.